The van der Waals surface area contributed by atoms with Crippen molar-refractivity contribution in [3.63, 3.8) is 0 Å². The number of benzene rings is 1. The van der Waals surface area contributed by atoms with Gasteiger partial charge in [0.2, 0.25) is 15.9 Å². The molecular weight excluding hydrogens is 350 g/mol. The minimum atomic E-state index is -3.60. The highest BCUT2D eigenvalue weighted by Gasteiger charge is 2.23. The van der Waals surface area contributed by atoms with Gasteiger partial charge in [-0.05, 0) is 43.0 Å². The fraction of sp³-hybridized carbons (Fsp3) is 0.562. The Morgan fingerprint density at radius 1 is 1.25 bits per heavy atom. The van der Waals surface area contributed by atoms with Crippen LogP contribution in [0.4, 0.5) is 5.69 Å². The third-order valence-electron chi connectivity index (χ3n) is 3.89. The molecule has 1 saturated heterocycles. The van der Waals surface area contributed by atoms with Gasteiger partial charge in [0.15, 0.2) is 0 Å². The van der Waals surface area contributed by atoms with Crippen molar-refractivity contribution in [3.05, 3.63) is 24.3 Å². The number of sulfonamides is 1. The second-order valence-corrected chi connectivity index (χ2v) is 8.04. The zero-order valence-electron chi connectivity index (χ0n) is 14.1. The Bertz CT molecular complexity index is 647. The Morgan fingerprint density at radius 3 is 2.33 bits per heavy atom. The van der Waals surface area contributed by atoms with Crippen LogP contribution in [0.1, 0.15) is 33.1 Å². The number of carbonyl (C=O) groups excluding carboxylic acids is 1. The zero-order valence-corrected chi connectivity index (χ0v) is 15.7. The lowest BCUT2D eigenvalue weighted by molar-refractivity contribution is -0.117. The van der Waals surface area contributed by atoms with Gasteiger partial charge in [0.1, 0.15) is 0 Å². The summed E-state index contributed by atoms with van der Waals surface area (Å²) in [5.74, 6) is 0.439. The van der Waals surface area contributed by atoms with Crippen molar-refractivity contribution in [2.24, 2.45) is 11.7 Å². The molecule has 136 valence electrons. The van der Waals surface area contributed by atoms with Crippen LogP contribution in [0.25, 0.3) is 0 Å². The predicted octanol–water partition coefficient (Wildman–Crippen LogP) is 1.89. The number of nitrogens with zero attached hydrogens (tertiary/aromatic N) is 1. The summed E-state index contributed by atoms with van der Waals surface area (Å²) in [5, 5.41) is 0. The molecule has 24 heavy (non-hydrogen) atoms. The quantitative estimate of drug-likeness (QED) is 0.761. The molecule has 0 saturated carbocycles. The van der Waals surface area contributed by atoms with Gasteiger partial charge in [0, 0.05) is 31.2 Å². The van der Waals surface area contributed by atoms with Gasteiger partial charge in [-0.2, -0.15) is 0 Å². The van der Waals surface area contributed by atoms with Crippen molar-refractivity contribution < 1.29 is 13.2 Å². The summed E-state index contributed by atoms with van der Waals surface area (Å²) in [6.45, 7) is 5.00. The van der Waals surface area contributed by atoms with Gasteiger partial charge < -0.3 is 10.6 Å². The highest BCUT2D eigenvalue weighted by Crippen LogP contribution is 2.23. The first-order valence-electron chi connectivity index (χ1n) is 7.96. The van der Waals surface area contributed by atoms with E-state index >= 15 is 0 Å². The maximum absolute atomic E-state index is 12.4. The molecule has 3 N–H and O–H groups in total. The monoisotopic (exact) mass is 375 g/mol. The van der Waals surface area contributed by atoms with E-state index in [4.69, 9.17) is 5.73 Å². The van der Waals surface area contributed by atoms with Gasteiger partial charge in [-0.15, -0.1) is 12.4 Å². The van der Waals surface area contributed by atoms with Gasteiger partial charge in [-0.25, -0.2) is 13.1 Å². The lowest BCUT2D eigenvalue weighted by Crippen LogP contribution is -2.40. The van der Waals surface area contributed by atoms with Gasteiger partial charge >= 0.3 is 0 Å². The summed E-state index contributed by atoms with van der Waals surface area (Å²) in [6, 6.07) is 6.15. The molecule has 0 aromatic heterocycles. The number of hydrogen-bond donors (Lipinski definition) is 2. The molecule has 1 aliphatic heterocycles. The number of nitrogens with two attached hydrogens (primary N) is 1. The normalized spacial score (nSPS) is 16.3. The molecule has 1 fully saturated rings. The van der Waals surface area contributed by atoms with Crippen molar-refractivity contribution in [3.8, 4) is 0 Å². The lowest BCUT2D eigenvalue weighted by atomic mass is 10.1. The second kappa shape index (κ2) is 8.80. The Morgan fingerprint density at radius 2 is 1.88 bits per heavy atom. The number of nitrogens with one attached hydrogen (secondary N) is 1. The molecule has 1 heterocycles. The topological polar surface area (TPSA) is 92.5 Å². The van der Waals surface area contributed by atoms with Gasteiger partial charge in [0.25, 0.3) is 0 Å². The van der Waals surface area contributed by atoms with E-state index in [-0.39, 0.29) is 35.8 Å². The fourth-order valence-electron chi connectivity index (χ4n) is 2.78. The molecule has 8 heteroatoms. The van der Waals surface area contributed by atoms with Crippen molar-refractivity contribution in [2.45, 2.75) is 44.0 Å². The first kappa shape index (κ1) is 20.9. The van der Waals surface area contributed by atoms with Crippen LogP contribution in [0.2, 0.25) is 0 Å². The summed E-state index contributed by atoms with van der Waals surface area (Å²) in [7, 11) is -3.60. The maximum Gasteiger partial charge on any atom is 0.240 e. The standard InChI is InChI=1S/C16H25N3O3S.ClH/c1-12(2)10-13(11-17)18-23(21,22)15-7-5-14(6-8-15)19-9-3-4-16(19)20;/h5-8,12-13,18H,3-4,9-11,17H2,1-2H3;1H. The Balaban J connectivity index is 0.00000288. The first-order chi connectivity index (χ1) is 10.8. The third kappa shape index (κ3) is 5.17. The number of halogens is 1. The van der Waals surface area contributed by atoms with Crippen LogP contribution < -0.4 is 15.4 Å². The molecule has 1 atom stereocenters. The van der Waals surface area contributed by atoms with Gasteiger partial charge in [-0.1, -0.05) is 13.8 Å². The van der Waals surface area contributed by atoms with E-state index in [1.807, 2.05) is 13.8 Å². The molecule has 6 nitrogen and oxygen atoms in total. The predicted molar refractivity (Wildman–Crippen MR) is 97.9 cm³/mol. The molecule has 1 unspecified atom stereocenters. The van der Waals surface area contributed by atoms with Crippen LogP contribution in [0, 0.1) is 5.92 Å². The van der Waals surface area contributed by atoms with Crippen LogP contribution in [0.5, 0.6) is 0 Å². The number of amides is 1. The van der Waals surface area contributed by atoms with Gasteiger partial charge in [0.05, 0.1) is 4.90 Å². The van der Waals surface area contributed by atoms with E-state index in [0.29, 0.717) is 25.3 Å². The first-order valence-corrected chi connectivity index (χ1v) is 9.44. The van der Waals surface area contributed by atoms with Crippen molar-refractivity contribution in [1.82, 2.24) is 4.72 Å². The second-order valence-electron chi connectivity index (χ2n) is 6.33. The van der Waals surface area contributed by atoms with Crippen LogP contribution in [-0.4, -0.2) is 33.5 Å². The highest BCUT2D eigenvalue weighted by molar-refractivity contribution is 7.89. The van der Waals surface area contributed by atoms with Crippen LogP contribution in [0.15, 0.2) is 29.2 Å². The molecule has 1 aromatic carbocycles. The lowest BCUT2D eigenvalue weighted by Gasteiger charge is -2.19. The van der Waals surface area contributed by atoms with E-state index in [1.165, 1.54) is 12.1 Å². The average Bonchev–Trinajstić information content (AvgIpc) is 2.92. The van der Waals surface area contributed by atoms with Crippen molar-refractivity contribution in [1.29, 1.82) is 0 Å². The molecule has 0 bridgehead atoms. The molecule has 0 aliphatic carbocycles. The molecular formula is C16H26ClN3O3S. The minimum Gasteiger partial charge on any atom is -0.329 e. The molecule has 0 spiro atoms. The summed E-state index contributed by atoms with van der Waals surface area (Å²) >= 11 is 0. The Kier molecular flexibility index (Phi) is 7.66. The van der Waals surface area contributed by atoms with Crippen molar-refractivity contribution in [2.75, 3.05) is 18.0 Å². The fourth-order valence-corrected chi connectivity index (χ4v) is 4.04. The molecule has 1 aliphatic rings. The van der Waals surface area contributed by atoms with E-state index in [9.17, 15) is 13.2 Å². The number of carbonyl (C=O) groups is 1. The summed E-state index contributed by atoms with van der Waals surface area (Å²) in [5.41, 5.74) is 6.40. The Hall–Kier alpha value is -1.15. The number of anilines is 1. The summed E-state index contributed by atoms with van der Waals surface area (Å²) in [4.78, 5) is 13.6. The van der Waals surface area contributed by atoms with E-state index in [1.54, 1.807) is 17.0 Å². The molecule has 1 amide bonds. The average molecular weight is 376 g/mol. The Labute approximate surface area is 150 Å². The minimum absolute atomic E-state index is 0. The maximum atomic E-state index is 12.4. The molecule has 2 rings (SSSR count). The zero-order chi connectivity index (χ0) is 17.0. The largest absolute Gasteiger partial charge is 0.329 e. The third-order valence-corrected chi connectivity index (χ3v) is 5.43. The smallest absolute Gasteiger partial charge is 0.240 e. The summed E-state index contributed by atoms with van der Waals surface area (Å²) < 4.78 is 27.5. The van der Waals surface area contributed by atoms with E-state index in [2.05, 4.69) is 4.72 Å². The number of rotatable bonds is 7. The van der Waals surface area contributed by atoms with Crippen LogP contribution in [-0.2, 0) is 14.8 Å². The van der Waals surface area contributed by atoms with Crippen LogP contribution >= 0.6 is 12.4 Å². The molecule has 1 aromatic rings. The van der Waals surface area contributed by atoms with Crippen LogP contribution in [0.3, 0.4) is 0 Å². The highest BCUT2D eigenvalue weighted by atomic mass is 35.5. The van der Waals surface area contributed by atoms with E-state index < -0.39 is 10.0 Å². The van der Waals surface area contributed by atoms with Crippen molar-refractivity contribution >= 4 is 34.0 Å². The summed E-state index contributed by atoms with van der Waals surface area (Å²) in [6.07, 6.45) is 2.08. The van der Waals surface area contributed by atoms with E-state index in [0.717, 1.165) is 12.1 Å². The molecule has 0 radical (unpaired) electrons. The SMILES string of the molecule is CC(C)CC(CN)NS(=O)(=O)c1ccc(N2CCCC2=O)cc1.Cl. The van der Waals surface area contributed by atoms with Gasteiger partial charge in [-0.3, -0.25) is 4.79 Å². The number of hydrogen-bond acceptors (Lipinski definition) is 4.